The van der Waals surface area contributed by atoms with Crippen LogP contribution in [0.25, 0.3) is 11.3 Å². The van der Waals surface area contributed by atoms with Gasteiger partial charge >= 0.3 is 0 Å². The standard InChI is InChI=1S/C24H20N4O2/c1-17(29)28-14-12-22(25-28)18-8-10-19(11-9-18)24(30)27-16-21-6-4-13-26(21)15-20-5-2-3-7-23(20)27/h2-14H,15-16H2,1H3. The summed E-state index contributed by atoms with van der Waals surface area (Å²) in [7, 11) is 0. The van der Waals surface area contributed by atoms with Crippen LogP contribution in [0.4, 0.5) is 5.69 Å². The number of carbonyl (C=O) groups is 2. The molecule has 0 radical (unpaired) electrons. The van der Waals surface area contributed by atoms with E-state index in [2.05, 4.69) is 28.0 Å². The molecule has 1 aliphatic rings. The molecule has 0 bridgehead atoms. The third-order valence-corrected chi connectivity index (χ3v) is 5.45. The first-order chi connectivity index (χ1) is 14.6. The number of hydrogen-bond acceptors (Lipinski definition) is 3. The molecule has 1 amide bonds. The van der Waals surface area contributed by atoms with Gasteiger partial charge in [0.1, 0.15) is 0 Å². The maximum absolute atomic E-state index is 13.4. The molecule has 2 aromatic carbocycles. The summed E-state index contributed by atoms with van der Waals surface area (Å²) in [5.74, 6) is -0.185. The summed E-state index contributed by atoms with van der Waals surface area (Å²) in [5.41, 5.74) is 5.33. The lowest BCUT2D eigenvalue weighted by Crippen LogP contribution is -2.30. The van der Waals surface area contributed by atoms with E-state index in [-0.39, 0.29) is 11.8 Å². The van der Waals surface area contributed by atoms with Crippen molar-refractivity contribution < 1.29 is 9.59 Å². The molecule has 0 aliphatic carbocycles. The van der Waals surface area contributed by atoms with Crippen molar-refractivity contribution >= 4 is 17.5 Å². The van der Waals surface area contributed by atoms with Crippen LogP contribution in [-0.2, 0) is 13.1 Å². The molecule has 0 spiro atoms. The molecule has 0 atom stereocenters. The molecule has 6 nitrogen and oxygen atoms in total. The van der Waals surface area contributed by atoms with Crippen LogP contribution >= 0.6 is 0 Å². The van der Waals surface area contributed by atoms with Crippen molar-refractivity contribution in [3.05, 3.63) is 95.9 Å². The molecule has 0 fully saturated rings. The highest BCUT2D eigenvalue weighted by Crippen LogP contribution is 2.29. The Balaban J connectivity index is 1.47. The zero-order chi connectivity index (χ0) is 20.7. The number of carbonyl (C=O) groups excluding carboxylic acids is 2. The van der Waals surface area contributed by atoms with Gasteiger partial charge in [0.15, 0.2) is 0 Å². The summed E-state index contributed by atoms with van der Waals surface area (Å²) in [4.78, 5) is 26.7. The Hall–Kier alpha value is -3.93. The van der Waals surface area contributed by atoms with Crippen LogP contribution in [0.15, 0.2) is 79.1 Å². The number of para-hydroxylation sites is 1. The minimum atomic E-state index is -0.141. The molecule has 0 N–H and O–H groups in total. The highest BCUT2D eigenvalue weighted by molar-refractivity contribution is 6.06. The first kappa shape index (κ1) is 18.1. The summed E-state index contributed by atoms with van der Waals surface area (Å²) in [6.45, 7) is 2.74. The quantitative estimate of drug-likeness (QED) is 0.510. The second-order valence-corrected chi connectivity index (χ2v) is 7.39. The van der Waals surface area contributed by atoms with Gasteiger partial charge in [0.25, 0.3) is 5.91 Å². The largest absolute Gasteiger partial charge is 0.345 e. The van der Waals surface area contributed by atoms with Gasteiger partial charge < -0.3 is 9.47 Å². The molecule has 3 heterocycles. The third-order valence-electron chi connectivity index (χ3n) is 5.45. The van der Waals surface area contributed by atoms with Crippen molar-refractivity contribution in [3.63, 3.8) is 0 Å². The smallest absolute Gasteiger partial charge is 0.258 e. The summed E-state index contributed by atoms with van der Waals surface area (Å²) >= 11 is 0. The number of nitrogens with zero attached hydrogens (tertiary/aromatic N) is 4. The summed E-state index contributed by atoms with van der Waals surface area (Å²) in [5, 5.41) is 4.27. The lowest BCUT2D eigenvalue weighted by Gasteiger charge is -2.23. The van der Waals surface area contributed by atoms with E-state index in [0.29, 0.717) is 17.8 Å². The number of amides is 1. The SMILES string of the molecule is CC(=O)n1ccc(-c2ccc(C(=O)N3Cc4cccn4Cc4ccccc43)cc2)n1. The third kappa shape index (κ3) is 3.12. The highest BCUT2D eigenvalue weighted by atomic mass is 16.2. The number of anilines is 1. The van der Waals surface area contributed by atoms with E-state index in [0.717, 1.165) is 29.1 Å². The van der Waals surface area contributed by atoms with E-state index >= 15 is 0 Å². The van der Waals surface area contributed by atoms with E-state index in [1.165, 1.54) is 11.6 Å². The molecule has 0 saturated heterocycles. The fraction of sp³-hybridized carbons (Fsp3) is 0.125. The molecule has 5 rings (SSSR count). The first-order valence-electron chi connectivity index (χ1n) is 9.81. The van der Waals surface area contributed by atoms with E-state index in [1.54, 1.807) is 12.3 Å². The highest BCUT2D eigenvalue weighted by Gasteiger charge is 2.24. The van der Waals surface area contributed by atoms with Crippen molar-refractivity contribution in [2.75, 3.05) is 4.90 Å². The normalized spacial score (nSPS) is 12.8. The number of rotatable bonds is 2. The summed E-state index contributed by atoms with van der Waals surface area (Å²) in [6, 6.07) is 21.3. The Morgan fingerprint density at radius 3 is 2.43 bits per heavy atom. The maximum Gasteiger partial charge on any atom is 0.258 e. The monoisotopic (exact) mass is 396 g/mol. The van der Waals surface area contributed by atoms with Crippen LogP contribution in [0.3, 0.4) is 0 Å². The van der Waals surface area contributed by atoms with Crippen molar-refractivity contribution in [3.8, 4) is 11.3 Å². The second kappa shape index (κ2) is 7.15. The van der Waals surface area contributed by atoms with E-state index < -0.39 is 0 Å². The Labute approximate surface area is 174 Å². The van der Waals surface area contributed by atoms with Crippen molar-refractivity contribution in [2.45, 2.75) is 20.0 Å². The van der Waals surface area contributed by atoms with Gasteiger partial charge in [-0.05, 0) is 42.0 Å². The summed E-state index contributed by atoms with van der Waals surface area (Å²) in [6.07, 6.45) is 3.69. The Bertz CT molecular complexity index is 1250. The Morgan fingerprint density at radius 1 is 0.867 bits per heavy atom. The van der Waals surface area contributed by atoms with Crippen LogP contribution in [0, 0.1) is 0 Å². The maximum atomic E-state index is 13.4. The average Bonchev–Trinajstić information content (AvgIpc) is 3.40. The first-order valence-corrected chi connectivity index (χ1v) is 9.81. The van der Waals surface area contributed by atoms with Gasteiger partial charge in [-0.25, -0.2) is 4.68 Å². The van der Waals surface area contributed by atoms with Crippen molar-refractivity contribution in [1.82, 2.24) is 14.3 Å². The topological polar surface area (TPSA) is 60.1 Å². The minimum Gasteiger partial charge on any atom is -0.345 e. The Kier molecular flexibility index (Phi) is 4.32. The molecule has 4 aromatic rings. The molecular weight excluding hydrogens is 376 g/mol. The van der Waals surface area contributed by atoms with Crippen LogP contribution < -0.4 is 4.90 Å². The zero-order valence-electron chi connectivity index (χ0n) is 16.5. The fourth-order valence-electron chi connectivity index (χ4n) is 3.86. The van der Waals surface area contributed by atoms with Gasteiger partial charge in [-0.15, -0.1) is 0 Å². The Morgan fingerprint density at radius 2 is 1.67 bits per heavy atom. The number of fused-ring (bicyclic) bond motifs is 2. The van der Waals surface area contributed by atoms with Gasteiger partial charge in [-0.1, -0.05) is 30.3 Å². The molecule has 2 aromatic heterocycles. The van der Waals surface area contributed by atoms with E-state index in [4.69, 9.17) is 0 Å². The van der Waals surface area contributed by atoms with Crippen molar-refractivity contribution in [2.24, 2.45) is 0 Å². The molecular formula is C24H20N4O2. The van der Waals surface area contributed by atoms with Gasteiger partial charge in [0.05, 0.1) is 12.2 Å². The van der Waals surface area contributed by atoms with Crippen LogP contribution in [0.1, 0.15) is 33.3 Å². The van der Waals surface area contributed by atoms with Gasteiger partial charge in [0, 0.05) is 48.4 Å². The minimum absolute atomic E-state index is 0.0436. The zero-order valence-corrected chi connectivity index (χ0v) is 16.5. The summed E-state index contributed by atoms with van der Waals surface area (Å²) < 4.78 is 3.48. The molecule has 0 unspecified atom stereocenters. The second-order valence-electron chi connectivity index (χ2n) is 7.39. The number of hydrogen-bond donors (Lipinski definition) is 0. The van der Waals surface area contributed by atoms with Crippen LogP contribution in [0.2, 0.25) is 0 Å². The van der Waals surface area contributed by atoms with Crippen LogP contribution in [0.5, 0.6) is 0 Å². The van der Waals surface area contributed by atoms with Gasteiger partial charge in [-0.3, -0.25) is 9.59 Å². The molecule has 0 saturated carbocycles. The van der Waals surface area contributed by atoms with Crippen LogP contribution in [-0.4, -0.2) is 26.2 Å². The predicted molar refractivity (Wildman–Crippen MR) is 114 cm³/mol. The number of aromatic nitrogens is 3. The lowest BCUT2D eigenvalue weighted by molar-refractivity contribution is 0.0920. The average molecular weight is 396 g/mol. The predicted octanol–water partition coefficient (Wildman–Crippen LogP) is 4.22. The van der Waals surface area contributed by atoms with Gasteiger partial charge in [-0.2, -0.15) is 5.10 Å². The number of benzene rings is 2. The molecule has 30 heavy (non-hydrogen) atoms. The molecule has 6 heteroatoms. The molecule has 148 valence electrons. The lowest BCUT2D eigenvalue weighted by atomic mass is 10.1. The van der Waals surface area contributed by atoms with Gasteiger partial charge in [0.2, 0.25) is 5.91 Å². The van der Waals surface area contributed by atoms with E-state index in [9.17, 15) is 9.59 Å². The van der Waals surface area contributed by atoms with E-state index in [1.807, 2.05) is 53.4 Å². The van der Waals surface area contributed by atoms with Crippen molar-refractivity contribution in [1.29, 1.82) is 0 Å². The molecule has 1 aliphatic heterocycles. The fourth-order valence-corrected chi connectivity index (χ4v) is 3.86.